The van der Waals surface area contributed by atoms with E-state index in [4.69, 9.17) is 10.8 Å². The van der Waals surface area contributed by atoms with E-state index in [-0.39, 0.29) is 29.8 Å². The number of benzene rings is 1. The van der Waals surface area contributed by atoms with Crippen LogP contribution in [0.15, 0.2) is 24.3 Å². The van der Waals surface area contributed by atoms with Gasteiger partial charge in [0.1, 0.15) is 23.9 Å². The zero-order valence-electron chi connectivity index (χ0n) is 19.2. The number of carbonyl (C=O) groups excluding carboxylic acids is 3. The number of amides is 3. The van der Waals surface area contributed by atoms with Gasteiger partial charge < -0.3 is 31.9 Å². The predicted molar refractivity (Wildman–Crippen MR) is 127 cm³/mol. The van der Waals surface area contributed by atoms with Crippen LogP contribution in [0.2, 0.25) is 0 Å². The Balaban J connectivity index is 3.09. The lowest BCUT2D eigenvalue weighted by Gasteiger charge is -2.27. The van der Waals surface area contributed by atoms with Crippen LogP contribution >= 0.6 is 12.6 Å². The summed E-state index contributed by atoms with van der Waals surface area (Å²) < 4.78 is 0. The summed E-state index contributed by atoms with van der Waals surface area (Å²) in [6.07, 6.45) is 0.0868. The first kappa shape index (κ1) is 28.2. The first-order valence-electron chi connectivity index (χ1n) is 10.7. The molecule has 0 bridgehead atoms. The van der Waals surface area contributed by atoms with Gasteiger partial charge in [0.05, 0.1) is 6.04 Å². The highest BCUT2D eigenvalue weighted by molar-refractivity contribution is 7.80. The number of nitrogens with one attached hydrogen (secondary N) is 3. The Morgan fingerprint density at radius 1 is 0.879 bits per heavy atom. The Morgan fingerprint density at radius 3 is 1.88 bits per heavy atom. The van der Waals surface area contributed by atoms with E-state index in [1.165, 1.54) is 12.1 Å². The van der Waals surface area contributed by atoms with Crippen LogP contribution in [0.4, 0.5) is 0 Å². The average molecular weight is 483 g/mol. The number of hydrogen-bond acceptors (Lipinski definition) is 7. The Hall–Kier alpha value is -2.79. The highest BCUT2D eigenvalue weighted by Crippen LogP contribution is 2.13. The van der Waals surface area contributed by atoms with Crippen LogP contribution < -0.4 is 21.7 Å². The Labute approximate surface area is 199 Å². The first-order valence-corrected chi connectivity index (χ1v) is 11.3. The monoisotopic (exact) mass is 482 g/mol. The van der Waals surface area contributed by atoms with Gasteiger partial charge in [-0.15, -0.1) is 0 Å². The fourth-order valence-electron chi connectivity index (χ4n) is 2.88. The second kappa shape index (κ2) is 13.0. The van der Waals surface area contributed by atoms with Gasteiger partial charge in [-0.05, 0) is 29.5 Å². The number of carboxylic acids is 1. The molecule has 4 unspecified atom stereocenters. The molecule has 33 heavy (non-hydrogen) atoms. The van der Waals surface area contributed by atoms with Crippen molar-refractivity contribution < 1.29 is 29.4 Å². The third kappa shape index (κ3) is 8.93. The van der Waals surface area contributed by atoms with E-state index in [0.717, 1.165) is 0 Å². The van der Waals surface area contributed by atoms with Crippen molar-refractivity contribution in [2.45, 2.75) is 58.3 Å². The molecule has 0 heterocycles. The number of aromatic hydroxyl groups is 1. The molecule has 1 aromatic rings. The third-order valence-corrected chi connectivity index (χ3v) is 5.44. The predicted octanol–water partition coefficient (Wildman–Crippen LogP) is 0.0428. The van der Waals surface area contributed by atoms with Crippen molar-refractivity contribution in [2.75, 3.05) is 5.75 Å². The fraction of sp³-hybridized carbons (Fsp3) is 0.545. The molecule has 0 aliphatic carbocycles. The number of phenols is 1. The van der Waals surface area contributed by atoms with Gasteiger partial charge in [0, 0.05) is 12.2 Å². The second-order valence-electron chi connectivity index (χ2n) is 8.51. The van der Waals surface area contributed by atoms with Crippen LogP contribution in [-0.4, -0.2) is 63.8 Å². The molecule has 0 saturated heterocycles. The smallest absolute Gasteiger partial charge is 0.327 e. The first-order chi connectivity index (χ1) is 15.4. The SMILES string of the molecule is CC(C)C(N)C(=O)NC(Cc1ccc(O)cc1)C(=O)NC(C(=O)NC(CS)C(=O)O)C(C)C. The number of thiol groups is 1. The number of rotatable bonds is 12. The molecule has 0 aromatic heterocycles. The lowest BCUT2D eigenvalue weighted by atomic mass is 9.99. The summed E-state index contributed by atoms with van der Waals surface area (Å²) in [6, 6.07) is 1.99. The summed E-state index contributed by atoms with van der Waals surface area (Å²) in [6.45, 7) is 6.95. The summed E-state index contributed by atoms with van der Waals surface area (Å²) in [7, 11) is 0. The lowest BCUT2D eigenvalue weighted by molar-refractivity contribution is -0.142. The summed E-state index contributed by atoms with van der Waals surface area (Å²) >= 11 is 3.93. The van der Waals surface area contributed by atoms with E-state index in [1.54, 1.807) is 39.8 Å². The molecule has 3 amide bonds. The normalized spacial score (nSPS) is 14.8. The van der Waals surface area contributed by atoms with Crippen LogP contribution in [0.3, 0.4) is 0 Å². The van der Waals surface area contributed by atoms with Crippen LogP contribution in [0.5, 0.6) is 5.75 Å². The van der Waals surface area contributed by atoms with Crippen molar-refractivity contribution in [2.24, 2.45) is 17.6 Å². The number of hydrogen-bond donors (Lipinski definition) is 7. The standard InChI is InChI=1S/C22H34N4O6S/c1-11(2)17(23)20(29)24-15(9-13-5-7-14(27)8-6-13)19(28)26-18(12(3)4)21(30)25-16(10-33)22(31)32/h5-8,11-12,15-18,27,33H,9-10,23H2,1-4H3,(H,24,29)(H,25,30)(H,26,28)(H,31,32). The molecule has 0 fully saturated rings. The van der Waals surface area contributed by atoms with Crippen molar-refractivity contribution in [3.05, 3.63) is 29.8 Å². The van der Waals surface area contributed by atoms with E-state index in [0.29, 0.717) is 5.56 Å². The van der Waals surface area contributed by atoms with Crippen molar-refractivity contribution >= 4 is 36.3 Å². The maximum absolute atomic E-state index is 13.1. The molecule has 0 saturated carbocycles. The van der Waals surface area contributed by atoms with Crippen LogP contribution in [0, 0.1) is 11.8 Å². The molecule has 7 N–H and O–H groups in total. The largest absolute Gasteiger partial charge is 0.508 e. The van der Waals surface area contributed by atoms with Gasteiger partial charge >= 0.3 is 5.97 Å². The molecular formula is C22H34N4O6S. The molecule has 1 rings (SSSR count). The van der Waals surface area contributed by atoms with Gasteiger partial charge in [0.15, 0.2) is 0 Å². The zero-order chi connectivity index (χ0) is 25.3. The minimum absolute atomic E-state index is 0.0549. The minimum Gasteiger partial charge on any atom is -0.508 e. The van der Waals surface area contributed by atoms with E-state index < -0.39 is 47.9 Å². The highest BCUT2D eigenvalue weighted by Gasteiger charge is 2.32. The van der Waals surface area contributed by atoms with Crippen LogP contribution in [0.25, 0.3) is 0 Å². The van der Waals surface area contributed by atoms with Crippen molar-refractivity contribution in [3.8, 4) is 5.75 Å². The maximum atomic E-state index is 13.1. The summed E-state index contributed by atoms with van der Waals surface area (Å²) in [5.74, 6) is -3.65. The summed E-state index contributed by atoms with van der Waals surface area (Å²) in [5.41, 5.74) is 6.58. The molecule has 4 atom stereocenters. The maximum Gasteiger partial charge on any atom is 0.327 e. The van der Waals surface area contributed by atoms with E-state index in [2.05, 4.69) is 28.6 Å². The Morgan fingerprint density at radius 2 is 1.42 bits per heavy atom. The molecule has 0 spiro atoms. The Bertz CT molecular complexity index is 831. The average Bonchev–Trinajstić information content (AvgIpc) is 2.75. The Kier molecular flexibility index (Phi) is 11.2. The number of aliphatic carboxylic acids is 1. The number of phenolic OH excluding ortho intramolecular Hbond substituents is 1. The van der Waals surface area contributed by atoms with E-state index >= 15 is 0 Å². The molecule has 11 heteroatoms. The molecule has 10 nitrogen and oxygen atoms in total. The fourth-order valence-corrected chi connectivity index (χ4v) is 3.13. The molecule has 1 aromatic carbocycles. The van der Waals surface area contributed by atoms with Gasteiger partial charge in [-0.25, -0.2) is 4.79 Å². The highest BCUT2D eigenvalue weighted by atomic mass is 32.1. The molecule has 0 aliphatic heterocycles. The molecule has 0 radical (unpaired) electrons. The van der Waals surface area contributed by atoms with Crippen molar-refractivity contribution in [1.82, 2.24) is 16.0 Å². The lowest BCUT2D eigenvalue weighted by Crippen LogP contribution is -2.59. The van der Waals surface area contributed by atoms with Crippen LogP contribution in [0.1, 0.15) is 33.3 Å². The van der Waals surface area contributed by atoms with Gasteiger partial charge in [-0.1, -0.05) is 39.8 Å². The quantitative estimate of drug-likeness (QED) is 0.206. The van der Waals surface area contributed by atoms with Gasteiger partial charge in [-0.3, -0.25) is 14.4 Å². The third-order valence-electron chi connectivity index (χ3n) is 5.07. The minimum atomic E-state index is -1.24. The number of nitrogens with two attached hydrogens (primary N) is 1. The van der Waals surface area contributed by atoms with E-state index in [9.17, 15) is 24.3 Å². The molecular weight excluding hydrogens is 448 g/mol. The van der Waals surface area contributed by atoms with Crippen molar-refractivity contribution in [1.29, 1.82) is 0 Å². The summed E-state index contributed by atoms with van der Waals surface area (Å²) in [4.78, 5) is 49.6. The van der Waals surface area contributed by atoms with Gasteiger partial charge in [0.25, 0.3) is 0 Å². The molecule has 184 valence electrons. The van der Waals surface area contributed by atoms with Gasteiger partial charge in [0.2, 0.25) is 17.7 Å². The number of carbonyl (C=O) groups is 4. The molecule has 0 aliphatic rings. The number of carboxylic acid groups (broad SMARTS) is 1. The van der Waals surface area contributed by atoms with E-state index in [1.807, 2.05) is 0 Å². The topological polar surface area (TPSA) is 171 Å². The van der Waals surface area contributed by atoms with Gasteiger partial charge in [-0.2, -0.15) is 12.6 Å². The van der Waals surface area contributed by atoms with Crippen molar-refractivity contribution in [3.63, 3.8) is 0 Å². The van der Waals surface area contributed by atoms with Crippen LogP contribution in [-0.2, 0) is 25.6 Å². The second-order valence-corrected chi connectivity index (χ2v) is 8.88. The zero-order valence-corrected chi connectivity index (χ0v) is 20.1. The summed E-state index contributed by atoms with van der Waals surface area (Å²) in [5, 5.41) is 26.3.